The van der Waals surface area contributed by atoms with Gasteiger partial charge in [-0.25, -0.2) is 4.98 Å². The summed E-state index contributed by atoms with van der Waals surface area (Å²) in [6.07, 6.45) is 4.82. The summed E-state index contributed by atoms with van der Waals surface area (Å²) in [5.41, 5.74) is 0.473. The normalized spacial score (nSPS) is 18.1. The second kappa shape index (κ2) is 5.46. The average Bonchev–Trinajstić information content (AvgIpc) is 2.90. The van der Waals surface area contributed by atoms with Crippen molar-refractivity contribution >= 4 is 23.3 Å². The van der Waals surface area contributed by atoms with Crippen molar-refractivity contribution in [3.05, 3.63) is 36.3 Å². The van der Waals surface area contributed by atoms with Gasteiger partial charge in [0.05, 0.1) is 11.8 Å². The van der Waals surface area contributed by atoms with E-state index in [9.17, 15) is 9.90 Å². The summed E-state index contributed by atoms with van der Waals surface area (Å²) < 4.78 is 1.75. The van der Waals surface area contributed by atoms with E-state index in [0.29, 0.717) is 12.2 Å². The Morgan fingerprint density at radius 2 is 2.25 bits per heavy atom. The molecule has 0 saturated carbocycles. The van der Waals surface area contributed by atoms with Crippen LogP contribution >= 0.6 is 11.8 Å². The van der Waals surface area contributed by atoms with Gasteiger partial charge in [-0.2, -0.15) is 11.8 Å². The molecule has 3 heterocycles. The van der Waals surface area contributed by atoms with Gasteiger partial charge >= 0.3 is 0 Å². The number of aromatic nitrogens is 2. The van der Waals surface area contributed by atoms with Crippen LogP contribution in [0.3, 0.4) is 0 Å². The Balaban J connectivity index is 1.70. The third kappa shape index (κ3) is 2.66. The number of nitrogens with zero attached hydrogens (tertiary/aromatic N) is 2. The molecule has 0 unspecified atom stereocenters. The van der Waals surface area contributed by atoms with Crippen molar-refractivity contribution in [2.45, 2.75) is 18.4 Å². The maximum atomic E-state index is 12.2. The molecule has 106 valence electrons. The first kappa shape index (κ1) is 13.5. The first-order valence-electron chi connectivity index (χ1n) is 6.68. The summed E-state index contributed by atoms with van der Waals surface area (Å²) in [7, 11) is 0. The number of hydrogen-bond donors (Lipinski definition) is 2. The van der Waals surface area contributed by atoms with Crippen LogP contribution in [0.4, 0.5) is 0 Å². The Hall–Kier alpha value is -1.53. The molecule has 0 aromatic carbocycles. The van der Waals surface area contributed by atoms with Gasteiger partial charge in [-0.3, -0.25) is 9.20 Å². The Labute approximate surface area is 121 Å². The number of rotatable bonds is 3. The lowest BCUT2D eigenvalue weighted by molar-refractivity contribution is 0.0310. The molecule has 0 bridgehead atoms. The Morgan fingerprint density at radius 1 is 1.45 bits per heavy atom. The third-order valence-electron chi connectivity index (χ3n) is 3.65. The lowest BCUT2D eigenvalue weighted by Gasteiger charge is -2.31. The summed E-state index contributed by atoms with van der Waals surface area (Å²) in [6.45, 7) is 0.298. The number of hydrogen-bond acceptors (Lipinski definition) is 4. The Bertz CT molecular complexity index is 620. The molecule has 0 aliphatic carbocycles. The molecule has 2 N–H and O–H groups in total. The second-order valence-corrected chi connectivity index (χ2v) is 6.32. The number of pyridine rings is 1. The van der Waals surface area contributed by atoms with E-state index in [1.807, 2.05) is 36.2 Å². The predicted octanol–water partition coefficient (Wildman–Crippen LogP) is 1.32. The van der Waals surface area contributed by atoms with Gasteiger partial charge in [0.2, 0.25) is 0 Å². The molecule has 2 aromatic rings. The predicted molar refractivity (Wildman–Crippen MR) is 79.0 cm³/mol. The van der Waals surface area contributed by atoms with Crippen LogP contribution in [0.1, 0.15) is 23.3 Å². The van der Waals surface area contributed by atoms with E-state index in [0.717, 1.165) is 30.0 Å². The number of thioether (sulfide) groups is 1. The van der Waals surface area contributed by atoms with E-state index in [1.54, 1.807) is 10.6 Å². The molecular weight excluding hydrogens is 274 g/mol. The minimum Gasteiger partial charge on any atom is -0.388 e. The highest BCUT2D eigenvalue weighted by Gasteiger charge is 2.30. The largest absolute Gasteiger partial charge is 0.388 e. The first-order valence-corrected chi connectivity index (χ1v) is 7.84. The molecule has 20 heavy (non-hydrogen) atoms. The van der Waals surface area contributed by atoms with Crippen LogP contribution in [0.25, 0.3) is 5.65 Å². The zero-order chi connectivity index (χ0) is 14.0. The van der Waals surface area contributed by atoms with Crippen LogP contribution in [0, 0.1) is 0 Å². The fourth-order valence-corrected chi connectivity index (χ4v) is 3.62. The van der Waals surface area contributed by atoms with E-state index in [-0.39, 0.29) is 5.91 Å². The number of fused-ring (bicyclic) bond motifs is 1. The van der Waals surface area contributed by atoms with E-state index in [2.05, 4.69) is 10.3 Å². The molecule has 5 nitrogen and oxygen atoms in total. The van der Waals surface area contributed by atoms with Gasteiger partial charge in [0.1, 0.15) is 11.3 Å². The van der Waals surface area contributed by atoms with Crippen LogP contribution in [0.5, 0.6) is 0 Å². The van der Waals surface area contributed by atoms with Crippen molar-refractivity contribution in [1.82, 2.24) is 14.7 Å². The lowest BCUT2D eigenvalue weighted by atomic mass is 9.97. The van der Waals surface area contributed by atoms with Gasteiger partial charge in [-0.15, -0.1) is 0 Å². The van der Waals surface area contributed by atoms with Crippen LogP contribution in [-0.4, -0.2) is 44.0 Å². The fourth-order valence-electron chi connectivity index (χ4n) is 2.36. The summed E-state index contributed by atoms with van der Waals surface area (Å²) >= 11 is 1.84. The number of amides is 1. The standard InChI is InChI=1S/C14H17N3O2S/c18-13(16-10-14(19)4-7-20-8-5-14)11-9-15-12-3-1-2-6-17(11)12/h1-3,6,9,19H,4-5,7-8,10H2,(H,16,18). The van der Waals surface area contributed by atoms with Gasteiger partial charge in [-0.1, -0.05) is 6.07 Å². The molecule has 1 aliphatic heterocycles. The molecule has 6 heteroatoms. The third-order valence-corrected chi connectivity index (χ3v) is 4.64. The highest BCUT2D eigenvalue weighted by molar-refractivity contribution is 7.99. The Kier molecular flexibility index (Phi) is 3.67. The van der Waals surface area contributed by atoms with Gasteiger partial charge in [0, 0.05) is 12.7 Å². The first-order chi connectivity index (χ1) is 9.68. The lowest BCUT2D eigenvalue weighted by Crippen LogP contribution is -2.45. The Morgan fingerprint density at radius 3 is 3.05 bits per heavy atom. The molecule has 1 saturated heterocycles. The number of nitrogens with one attached hydrogen (secondary N) is 1. The maximum Gasteiger partial charge on any atom is 0.270 e. The van der Waals surface area contributed by atoms with Gasteiger partial charge in [0.15, 0.2) is 0 Å². The van der Waals surface area contributed by atoms with Gasteiger partial charge in [-0.05, 0) is 36.5 Å². The van der Waals surface area contributed by atoms with Crippen molar-refractivity contribution < 1.29 is 9.90 Å². The topological polar surface area (TPSA) is 66.6 Å². The van der Waals surface area contributed by atoms with Crippen LogP contribution in [-0.2, 0) is 0 Å². The number of aliphatic hydroxyl groups is 1. The number of carbonyl (C=O) groups is 1. The van der Waals surface area contributed by atoms with E-state index < -0.39 is 5.60 Å². The molecule has 1 amide bonds. The second-order valence-electron chi connectivity index (χ2n) is 5.09. The smallest absolute Gasteiger partial charge is 0.270 e. The molecule has 0 atom stereocenters. The van der Waals surface area contributed by atoms with Crippen molar-refractivity contribution in [1.29, 1.82) is 0 Å². The van der Waals surface area contributed by atoms with E-state index in [4.69, 9.17) is 0 Å². The zero-order valence-corrected chi connectivity index (χ0v) is 11.9. The molecule has 2 aromatic heterocycles. The number of imidazole rings is 1. The monoisotopic (exact) mass is 291 g/mol. The van der Waals surface area contributed by atoms with Crippen molar-refractivity contribution in [3.8, 4) is 0 Å². The highest BCUT2D eigenvalue weighted by Crippen LogP contribution is 2.26. The van der Waals surface area contributed by atoms with Crippen LogP contribution in [0.15, 0.2) is 30.6 Å². The summed E-state index contributed by atoms with van der Waals surface area (Å²) in [4.78, 5) is 16.4. The summed E-state index contributed by atoms with van der Waals surface area (Å²) in [5.74, 6) is 1.69. The molecule has 3 rings (SSSR count). The molecule has 0 spiro atoms. The van der Waals surface area contributed by atoms with Crippen molar-refractivity contribution in [3.63, 3.8) is 0 Å². The number of carbonyl (C=O) groups excluding carboxylic acids is 1. The zero-order valence-electron chi connectivity index (χ0n) is 11.1. The highest BCUT2D eigenvalue weighted by atomic mass is 32.2. The van der Waals surface area contributed by atoms with Crippen molar-refractivity contribution in [2.24, 2.45) is 0 Å². The molecular formula is C14H17N3O2S. The fraction of sp³-hybridized carbons (Fsp3) is 0.429. The van der Waals surface area contributed by atoms with Gasteiger partial charge in [0.25, 0.3) is 5.91 Å². The van der Waals surface area contributed by atoms with E-state index in [1.165, 1.54) is 0 Å². The minimum absolute atomic E-state index is 0.199. The molecule has 1 aliphatic rings. The van der Waals surface area contributed by atoms with Crippen LogP contribution < -0.4 is 5.32 Å². The minimum atomic E-state index is -0.762. The average molecular weight is 291 g/mol. The molecule has 1 fully saturated rings. The summed E-state index contributed by atoms with van der Waals surface area (Å²) in [5, 5.41) is 13.2. The van der Waals surface area contributed by atoms with Gasteiger partial charge < -0.3 is 10.4 Å². The maximum absolute atomic E-state index is 12.2. The van der Waals surface area contributed by atoms with Crippen LogP contribution in [0.2, 0.25) is 0 Å². The van der Waals surface area contributed by atoms with Crippen molar-refractivity contribution in [2.75, 3.05) is 18.1 Å². The molecule has 0 radical (unpaired) electrons. The SMILES string of the molecule is O=C(NCC1(O)CCSCC1)c1cnc2ccccn12. The van der Waals surface area contributed by atoms with E-state index >= 15 is 0 Å². The summed E-state index contributed by atoms with van der Waals surface area (Å²) in [6, 6.07) is 5.59. The quantitative estimate of drug-likeness (QED) is 0.895.